The number of hydrogen-bond donors (Lipinski definition) is 3. The summed E-state index contributed by atoms with van der Waals surface area (Å²) in [6.07, 6.45) is -0.546. The predicted molar refractivity (Wildman–Crippen MR) is 135 cm³/mol. The standard InChI is InChI=1S/C23H28F3N5O3.C2H6/c1-13-6-9-17(16(25)12-13)30-19-14(7-8-15(24)18(19)26)20(27)33-21(28)29-10-11-31(5)22(32)34-23(2,3)4;1-2/h6-9,12,27,30H,10-11H2,1-5H3,(H2,28,29);1-2H3. The van der Waals surface area contributed by atoms with E-state index in [0.717, 1.165) is 12.1 Å². The average molecular weight is 510 g/mol. The second-order valence-corrected chi connectivity index (χ2v) is 8.45. The number of benzene rings is 2. The van der Waals surface area contributed by atoms with Gasteiger partial charge in [-0.15, -0.1) is 0 Å². The number of amidine groups is 1. The summed E-state index contributed by atoms with van der Waals surface area (Å²) in [6.45, 7) is 11.1. The van der Waals surface area contributed by atoms with Crippen LogP contribution >= 0.6 is 0 Å². The van der Waals surface area contributed by atoms with Gasteiger partial charge in [-0.25, -0.2) is 23.0 Å². The molecule has 0 atom stereocenters. The minimum Gasteiger partial charge on any atom is -0.444 e. The number of nitrogens with one attached hydrogen (secondary N) is 2. The minimum absolute atomic E-state index is 0.0340. The predicted octanol–water partition coefficient (Wildman–Crippen LogP) is 5.71. The summed E-state index contributed by atoms with van der Waals surface area (Å²) in [6, 6.07) is 5.64. The van der Waals surface area contributed by atoms with E-state index >= 15 is 0 Å². The summed E-state index contributed by atoms with van der Waals surface area (Å²) >= 11 is 0. The van der Waals surface area contributed by atoms with Crippen LogP contribution in [0.25, 0.3) is 0 Å². The Morgan fingerprint density at radius 3 is 2.36 bits per heavy atom. The quantitative estimate of drug-likeness (QED) is 0.341. The number of amides is 1. The van der Waals surface area contributed by atoms with Crippen LogP contribution in [0.4, 0.5) is 29.3 Å². The van der Waals surface area contributed by atoms with Gasteiger partial charge in [0.2, 0.25) is 5.90 Å². The zero-order valence-corrected chi connectivity index (χ0v) is 21.6. The van der Waals surface area contributed by atoms with Gasteiger partial charge < -0.3 is 25.4 Å². The van der Waals surface area contributed by atoms with Crippen molar-refractivity contribution >= 4 is 29.4 Å². The molecule has 4 N–H and O–H groups in total. The molecule has 2 aromatic carbocycles. The second-order valence-electron chi connectivity index (χ2n) is 8.45. The first kappa shape index (κ1) is 30.3. The number of rotatable bonds is 6. The van der Waals surface area contributed by atoms with Crippen LogP contribution in [0.1, 0.15) is 45.7 Å². The van der Waals surface area contributed by atoms with Crippen LogP contribution in [-0.4, -0.2) is 48.7 Å². The van der Waals surface area contributed by atoms with E-state index in [1.165, 1.54) is 24.1 Å². The highest BCUT2D eigenvalue weighted by atomic mass is 19.2. The molecule has 0 aromatic heterocycles. The van der Waals surface area contributed by atoms with Crippen molar-refractivity contribution in [2.24, 2.45) is 10.7 Å². The maximum absolute atomic E-state index is 14.5. The number of anilines is 2. The van der Waals surface area contributed by atoms with Crippen LogP contribution < -0.4 is 11.1 Å². The first-order valence-corrected chi connectivity index (χ1v) is 11.3. The number of nitrogens with two attached hydrogens (primary N) is 1. The fourth-order valence-corrected chi connectivity index (χ4v) is 2.65. The molecule has 0 aliphatic heterocycles. The summed E-state index contributed by atoms with van der Waals surface area (Å²) in [7, 11) is 1.52. The lowest BCUT2D eigenvalue weighted by Gasteiger charge is -2.24. The van der Waals surface area contributed by atoms with Crippen molar-refractivity contribution in [3.05, 3.63) is 58.9 Å². The van der Waals surface area contributed by atoms with Crippen molar-refractivity contribution < 1.29 is 27.4 Å². The largest absolute Gasteiger partial charge is 0.444 e. The van der Waals surface area contributed by atoms with E-state index in [4.69, 9.17) is 20.6 Å². The maximum Gasteiger partial charge on any atom is 0.410 e. The van der Waals surface area contributed by atoms with Gasteiger partial charge in [-0.05, 0) is 57.5 Å². The lowest BCUT2D eigenvalue weighted by molar-refractivity contribution is 0.0304. The molecule has 0 aliphatic rings. The Bertz CT molecular complexity index is 1100. The van der Waals surface area contributed by atoms with E-state index in [9.17, 15) is 18.0 Å². The molecule has 2 rings (SSSR count). The first-order valence-electron chi connectivity index (χ1n) is 11.3. The molecule has 11 heteroatoms. The number of likely N-dealkylation sites (N-methyl/N-ethyl adjacent to an activating group) is 1. The van der Waals surface area contributed by atoms with E-state index in [-0.39, 0.29) is 24.3 Å². The molecule has 2 aromatic rings. The molecule has 0 saturated carbocycles. The fraction of sp³-hybridized carbons (Fsp3) is 0.400. The number of carbonyl (C=O) groups excluding carboxylic acids is 1. The normalized spacial score (nSPS) is 11.2. The summed E-state index contributed by atoms with van der Waals surface area (Å²) in [5.74, 6) is -3.84. The SMILES string of the molecule is CC.Cc1ccc(Nc2c(C(=N)OC(N)=NCCN(C)C(=O)OC(C)(C)C)ccc(F)c2F)c(F)c1. The third-order valence-electron chi connectivity index (χ3n) is 4.34. The van der Waals surface area contributed by atoms with Gasteiger partial charge in [-0.3, -0.25) is 5.41 Å². The highest BCUT2D eigenvalue weighted by Crippen LogP contribution is 2.28. The Kier molecular flexibility index (Phi) is 11.2. The lowest BCUT2D eigenvalue weighted by Crippen LogP contribution is -2.35. The van der Waals surface area contributed by atoms with Crippen molar-refractivity contribution in [1.29, 1.82) is 5.41 Å². The van der Waals surface area contributed by atoms with Gasteiger partial charge in [0.15, 0.2) is 11.6 Å². The van der Waals surface area contributed by atoms with Crippen LogP contribution in [0, 0.1) is 29.8 Å². The smallest absolute Gasteiger partial charge is 0.410 e. The summed E-state index contributed by atoms with van der Waals surface area (Å²) < 4.78 is 52.9. The maximum atomic E-state index is 14.5. The van der Waals surface area contributed by atoms with Gasteiger partial charge in [-0.1, -0.05) is 19.9 Å². The monoisotopic (exact) mass is 509 g/mol. The van der Waals surface area contributed by atoms with Crippen LogP contribution in [0.5, 0.6) is 0 Å². The highest BCUT2D eigenvalue weighted by Gasteiger charge is 2.21. The number of halogens is 3. The van der Waals surface area contributed by atoms with Crippen molar-refractivity contribution in [2.75, 3.05) is 25.5 Å². The van der Waals surface area contributed by atoms with Crippen LogP contribution in [0.2, 0.25) is 0 Å². The van der Waals surface area contributed by atoms with E-state index in [0.29, 0.717) is 5.56 Å². The minimum atomic E-state index is -1.32. The van der Waals surface area contributed by atoms with E-state index in [2.05, 4.69) is 10.3 Å². The van der Waals surface area contributed by atoms with Crippen molar-refractivity contribution in [2.45, 2.75) is 47.1 Å². The molecule has 0 heterocycles. The van der Waals surface area contributed by atoms with E-state index < -0.39 is 46.8 Å². The zero-order valence-electron chi connectivity index (χ0n) is 21.6. The van der Waals surface area contributed by atoms with Gasteiger partial charge >= 0.3 is 6.09 Å². The number of ether oxygens (including phenoxy) is 2. The van der Waals surface area contributed by atoms with Crippen LogP contribution in [-0.2, 0) is 9.47 Å². The number of aliphatic imine (C=N–C) groups is 1. The molecule has 8 nitrogen and oxygen atoms in total. The lowest BCUT2D eigenvalue weighted by atomic mass is 10.1. The van der Waals surface area contributed by atoms with Crippen molar-refractivity contribution in [3.63, 3.8) is 0 Å². The Balaban J connectivity index is 0.00000316. The molecule has 1 amide bonds. The number of carbonyl (C=O) groups is 1. The Hall–Kier alpha value is -3.76. The molecule has 0 unspecified atom stereocenters. The van der Waals surface area contributed by atoms with Crippen LogP contribution in [0.3, 0.4) is 0 Å². The molecule has 0 radical (unpaired) electrons. The molecule has 198 valence electrons. The second kappa shape index (κ2) is 13.4. The van der Waals surface area contributed by atoms with E-state index in [1.54, 1.807) is 33.8 Å². The van der Waals surface area contributed by atoms with Gasteiger partial charge in [0.05, 0.1) is 23.5 Å². The molecule has 0 saturated heterocycles. The Morgan fingerprint density at radius 2 is 1.78 bits per heavy atom. The fourth-order valence-electron chi connectivity index (χ4n) is 2.65. The Labute approximate surface area is 209 Å². The van der Waals surface area contributed by atoms with Gasteiger partial charge in [0.25, 0.3) is 6.02 Å². The third-order valence-corrected chi connectivity index (χ3v) is 4.34. The van der Waals surface area contributed by atoms with Crippen molar-refractivity contribution in [3.8, 4) is 0 Å². The van der Waals surface area contributed by atoms with E-state index in [1.807, 2.05) is 13.8 Å². The topological polar surface area (TPSA) is 113 Å². The van der Waals surface area contributed by atoms with Crippen LogP contribution in [0.15, 0.2) is 35.3 Å². The number of hydrogen-bond acceptors (Lipinski definition) is 6. The highest BCUT2D eigenvalue weighted by molar-refractivity contribution is 6.03. The molecule has 36 heavy (non-hydrogen) atoms. The van der Waals surface area contributed by atoms with Gasteiger partial charge in [-0.2, -0.15) is 0 Å². The number of aryl methyl sites for hydroxylation is 1. The third kappa shape index (κ3) is 9.12. The molecule has 0 aliphatic carbocycles. The van der Waals surface area contributed by atoms with Gasteiger partial charge in [0.1, 0.15) is 11.4 Å². The first-order chi connectivity index (χ1) is 16.8. The summed E-state index contributed by atoms with van der Waals surface area (Å²) in [5.41, 5.74) is 4.87. The molecule has 0 bridgehead atoms. The van der Waals surface area contributed by atoms with Crippen molar-refractivity contribution in [1.82, 2.24) is 4.90 Å². The summed E-state index contributed by atoms with van der Waals surface area (Å²) in [4.78, 5) is 17.2. The zero-order chi connectivity index (χ0) is 27.6. The number of nitrogens with zero attached hydrogens (tertiary/aromatic N) is 2. The molecular weight excluding hydrogens is 475 g/mol. The van der Waals surface area contributed by atoms with Gasteiger partial charge in [0, 0.05) is 13.6 Å². The molecule has 0 fully saturated rings. The molecular formula is C25H34F3N5O3. The molecule has 0 spiro atoms. The average Bonchev–Trinajstić information content (AvgIpc) is 2.78. The summed E-state index contributed by atoms with van der Waals surface area (Å²) in [5, 5.41) is 10.6. The Morgan fingerprint density at radius 1 is 1.14 bits per heavy atom.